The van der Waals surface area contributed by atoms with Crippen molar-refractivity contribution in [3.8, 4) is 0 Å². The van der Waals surface area contributed by atoms with Crippen LogP contribution in [0.25, 0.3) is 11.2 Å². The molecule has 0 spiro atoms. The fourth-order valence-corrected chi connectivity index (χ4v) is 2.35. The van der Waals surface area contributed by atoms with Gasteiger partial charge in [-0.3, -0.25) is 10.1 Å². The van der Waals surface area contributed by atoms with E-state index in [-0.39, 0.29) is 17.0 Å². The summed E-state index contributed by atoms with van der Waals surface area (Å²) in [5, 5.41) is 2.80. The van der Waals surface area contributed by atoms with Crippen LogP contribution in [-0.2, 0) is 0 Å². The summed E-state index contributed by atoms with van der Waals surface area (Å²) in [5.74, 6) is -0.223. The maximum absolute atomic E-state index is 12.1. The summed E-state index contributed by atoms with van der Waals surface area (Å²) in [6.07, 6.45) is 1.46. The van der Waals surface area contributed by atoms with Gasteiger partial charge in [-0.25, -0.2) is 4.98 Å². The third-order valence-electron chi connectivity index (χ3n) is 2.59. The van der Waals surface area contributed by atoms with Crippen LogP contribution in [0.15, 0.2) is 35.1 Å². The number of fused-ring (bicyclic) bond motifs is 1. The van der Waals surface area contributed by atoms with Crippen molar-refractivity contribution < 1.29 is 4.79 Å². The number of rotatable bonds is 2. The minimum Gasteiger partial charge on any atom is -0.341 e. The van der Waals surface area contributed by atoms with E-state index in [0.29, 0.717) is 21.2 Å². The van der Waals surface area contributed by atoms with Crippen molar-refractivity contribution >= 4 is 50.6 Å². The minimum atomic E-state index is -0.330. The van der Waals surface area contributed by atoms with Crippen molar-refractivity contribution in [2.45, 2.75) is 0 Å². The Morgan fingerprint density at radius 2 is 2.10 bits per heavy atom. The van der Waals surface area contributed by atoms with E-state index in [9.17, 15) is 4.79 Å². The normalized spacial score (nSPS) is 10.7. The van der Waals surface area contributed by atoms with E-state index in [2.05, 4.69) is 41.2 Å². The molecule has 2 aromatic heterocycles. The molecule has 1 aromatic carbocycles. The highest BCUT2D eigenvalue weighted by atomic mass is 79.9. The molecule has 0 bridgehead atoms. The van der Waals surface area contributed by atoms with Crippen LogP contribution in [0.4, 0.5) is 5.95 Å². The number of nitrogens with zero attached hydrogens (tertiary/aromatic N) is 3. The summed E-state index contributed by atoms with van der Waals surface area (Å²) in [5.41, 5.74) is 1.41. The molecule has 3 aromatic rings. The molecule has 0 aliphatic carbocycles. The van der Waals surface area contributed by atoms with Crippen molar-refractivity contribution in [3.05, 3.63) is 45.8 Å². The standard InChI is InChI=1S/C12H7BrClN5O/c13-7-4-2-1-3-6(7)11(20)19-12-17-9(14)8-10(18-12)16-5-15-8/h1-5H,(H2,15,16,17,18,19,20). The average molecular weight is 353 g/mol. The Kier molecular flexibility index (Phi) is 3.37. The molecule has 1 amide bonds. The van der Waals surface area contributed by atoms with Crippen LogP contribution in [0.3, 0.4) is 0 Å². The van der Waals surface area contributed by atoms with Crippen LogP contribution in [-0.4, -0.2) is 25.8 Å². The molecule has 0 saturated carbocycles. The van der Waals surface area contributed by atoms with Crippen molar-refractivity contribution in [2.75, 3.05) is 5.32 Å². The zero-order valence-corrected chi connectivity index (χ0v) is 12.2. The van der Waals surface area contributed by atoms with Gasteiger partial charge in [0.15, 0.2) is 10.8 Å². The smallest absolute Gasteiger partial charge is 0.259 e. The van der Waals surface area contributed by atoms with E-state index in [1.54, 1.807) is 18.2 Å². The van der Waals surface area contributed by atoms with Gasteiger partial charge in [0, 0.05) is 4.47 Å². The van der Waals surface area contributed by atoms with Crippen LogP contribution in [0.5, 0.6) is 0 Å². The highest BCUT2D eigenvalue weighted by molar-refractivity contribution is 9.10. The van der Waals surface area contributed by atoms with Gasteiger partial charge in [0.2, 0.25) is 5.95 Å². The largest absolute Gasteiger partial charge is 0.341 e. The molecule has 3 rings (SSSR count). The first-order valence-electron chi connectivity index (χ1n) is 5.57. The maximum Gasteiger partial charge on any atom is 0.259 e. The lowest BCUT2D eigenvalue weighted by Gasteiger charge is -2.05. The number of aromatic amines is 1. The second-order valence-electron chi connectivity index (χ2n) is 3.87. The molecule has 100 valence electrons. The Morgan fingerprint density at radius 1 is 1.30 bits per heavy atom. The number of anilines is 1. The fraction of sp³-hybridized carbons (Fsp3) is 0. The van der Waals surface area contributed by atoms with Crippen LogP contribution in [0, 0.1) is 0 Å². The van der Waals surface area contributed by atoms with Gasteiger partial charge in [0.25, 0.3) is 5.91 Å². The SMILES string of the molecule is O=C(Nc1nc(Cl)c2[nH]cnc2n1)c1ccccc1Br. The first kappa shape index (κ1) is 13.0. The average Bonchev–Trinajstić information content (AvgIpc) is 2.88. The Morgan fingerprint density at radius 3 is 2.90 bits per heavy atom. The Labute approximate surface area is 126 Å². The first-order valence-corrected chi connectivity index (χ1v) is 6.75. The molecule has 8 heteroatoms. The Hall–Kier alpha value is -1.99. The monoisotopic (exact) mass is 351 g/mol. The third kappa shape index (κ3) is 2.37. The number of halogens is 2. The number of carbonyl (C=O) groups is 1. The van der Waals surface area contributed by atoms with Crippen molar-refractivity contribution in [1.29, 1.82) is 0 Å². The predicted molar refractivity (Wildman–Crippen MR) is 78.8 cm³/mol. The number of amides is 1. The summed E-state index contributed by atoms with van der Waals surface area (Å²) < 4.78 is 0.685. The maximum atomic E-state index is 12.1. The number of hydrogen-bond donors (Lipinski definition) is 2. The summed E-state index contributed by atoms with van der Waals surface area (Å²) in [6, 6.07) is 7.06. The number of benzene rings is 1. The molecule has 0 aliphatic rings. The van der Waals surface area contributed by atoms with E-state index in [0.717, 1.165) is 0 Å². The van der Waals surface area contributed by atoms with Crippen LogP contribution >= 0.6 is 27.5 Å². The number of nitrogens with one attached hydrogen (secondary N) is 2. The summed E-state index contributed by atoms with van der Waals surface area (Å²) in [6.45, 7) is 0. The van der Waals surface area contributed by atoms with Gasteiger partial charge in [0.1, 0.15) is 5.52 Å². The third-order valence-corrected chi connectivity index (χ3v) is 3.55. The molecule has 0 atom stereocenters. The summed E-state index contributed by atoms with van der Waals surface area (Å²) in [7, 11) is 0. The lowest BCUT2D eigenvalue weighted by Crippen LogP contribution is -2.14. The molecule has 0 saturated heterocycles. The molecule has 0 unspecified atom stereocenters. The number of carbonyl (C=O) groups excluding carboxylic acids is 1. The van der Waals surface area contributed by atoms with Gasteiger partial charge in [0.05, 0.1) is 11.9 Å². The van der Waals surface area contributed by atoms with Crippen molar-refractivity contribution in [3.63, 3.8) is 0 Å². The van der Waals surface area contributed by atoms with E-state index in [1.807, 2.05) is 6.07 Å². The lowest BCUT2D eigenvalue weighted by atomic mass is 10.2. The summed E-state index contributed by atoms with van der Waals surface area (Å²) >= 11 is 9.29. The van der Waals surface area contributed by atoms with E-state index >= 15 is 0 Å². The van der Waals surface area contributed by atoms with E-state index in [4.69, 9.17) is 11.6 Å². The van der Waals surface area contributed by atoms with Crippen LogP contribution in [0.2, 0.25) is 5.15 Å². The molecule has 0 fully saturated rings. The van der Waals surface area contributed by atoms with Crippen molar-refractivity contribution in [2.24, 2.45) is 0 Å². The highest BCUT2D eigenvalue weighted by Crippen LogP contribution is 2.20. The summed E-state index contributed by atoms with van der Waals surface area (Å²) in [4.78, 5) is 27.0. The zero-order chi connectivity index (χ0) is 14.1. The van der Waals surface area contributed by atoms with Gasteiger partial charge >= 0.3 is 0 Å². The molecular formula is C12H7BrClN5O. The Balaban J connectivity index is 1.93. The number of H-pyrrole nitrogens is 1. The predicted octanol–water partition coefficient (Wildman–Crippen LogP) is 3.02. The molecule has 0 aliphatic heterocycles. The molecule has 6 nitrogen and oxygen atoms in total. The van der Waals surface area contributed by atoms with E-state index < -0.39 is 0 Å². The topological polar surface area (TPSA) is 83.6 Å². The number of imidazole rings is 1. The molecule has 2 heterocycles. The van der Waals surface area contributed by atoms with Crippen LogP contribution in [0.1, 0.15) is 10.4 Å². The van der Waals surface area contributed by atoms with Gasteiger partial charge in [-0.05, 0) is 28.1 Å². The zero-order valence-electron chi connectivity index (χ0n) is 9.89. The van der Waals surface area contributed by atoms with Gasteiger partial charge in [-0.1, -0.05) is 23.7 Å². The quantitative estimate of drug-likeness (QED) is 0.694. The number of aromatic nitrogens is 4. The molecule has 20 heavy (non-hydrogen) atoms. The number of hydrogen-bond acceptors (Lipinski definition) is 4. The Bertz CT molecular complexity index is 803. The highest BCUT2D eigenvalue weighted by Gasteiger charge is 2.13. The van der Waals surface area contributed by atoms with E-state index in [1.165, 1.54) is 6.33 Å². The second kappa shape index (κ2) is 5.18. The van der Waals surface area contributed by atoms with Crippen LogP contribution < -0.4 is 5.32 Å². The molecule has 0 radical (unpaired) electrons. The van der Waals surface area contributed by atoms with Gasteiger partial charge in [-0.15, -0.1) is 0 Å². The van der Waals surface area contributed by atoms with Gasteiger partial charge in [-0.2, -0.15) is 9.97 Å². The molecule has 2 N–H and O–H groups in total. The fourth-order valence-electron chi connectivity index (χ4n) is 1.67. The van der Waals surface area contributed by atoms with Crippen molar-refractivity contribution in [1.82, 2.24) is 19.9 Å². The lowest BCUT2D eigenvalue weighted by molar-refractivity contribution is 0.102. The molecular weight excluding hydrogens is 346 g/mol. The first-order chi connectivity index (χ1) is 9.65. The van der Waals surface area contributed by atoms with Gasteiger partial charge < -0.3 is 4.98 Å². The second-order valence-corrected chi connectivity index (χ2v) is 5.09. The minimum absolute atomic E-state index is 0.107.